The van der Waals surface area contributed by atoms with Crippen LogP contribution in [0.15, 0.2) is 47.5 Å². The van der Waals surface area contributed by atoms with Gasteiger partial charge in [-0.3, -0.25) is 0 Å². The Hall–Kier alpha value is -2.44. The third-order valence-corrected chi connectivity index (χ3v) is 6.38. The maximum Gasteiger partial charge on any atom is 0.194 e. The smallest absolute Gasteiger partial charge is 0.194 e. The first-order valence-corrected chi connectivity index (χ1v) is 10.6. The van der Waals surface area contributed by atoms with Gasteiger partial charge in [-0.1, -0.05) is 34.7 Å². The van der Waals surface area contributed by atoms with Crippen molar-refractivity contribution in [3.05, 3.63) is 65.6 Å². The predicted molar refractivity (Wildman–Crippen MR) is 109 cm³/mol. The van der Waals surface area contributed by atoms with Crippen molar-refractivity contribution in [1.29, 1.82) is 0 Å². The van der Waals surface area contributed by atoms with Gasteiger partial charge in [-0.25, -0.2) is 17.9 Å². The number of halogens is 3. The minimum atomic E-state index is -1.60. The summed E-state index contributed by atoms with van der Waals surface area (Å²) >= 11 is 1.21. The summed E-state index contributed by atoms with van der Waals surface area (Å²) < 4.78 is 47.3. The Labute approximate surface area is 185 Å². The van der Waals surface area contributed by atoms with Crippen molar-refractivity contribution in [2.75, 3.05) is 6.61 Å². The lowest BCUT2D eigenvalue weighted by Gasteiger charge is -2.41. The number of rotatable bonds is 5. The molecule has 3 N–H and O–H groups in total. The second-order valence-electron chi connectivity index (χ2n) is 7.47. The number of hydrogen-bond acceptors (Lipinski definition) is 7. The van der Waals surface area contributed by atoms with Crippen LogP contribution in [-0.2, 0) is 4.74 Å². The lowest BCUT2D eigenvalue weighted by molar-refractivity contribution is -0.178. The molecule has 0 bridgehead atoms. The van der Waals surface area contributed by atoms with Gasteiger partial charge in [0.15, 0.2) is 17.5 Å². The molecule has 3 aromatic rings. The molecule has 1 aromatic heterocycles. The van der Waals surface area contributed by atoms with Gasteiger partial charge in [-0.05, 0) is 31.2 Å². The maximum absolute atomic E-state index is 13.6. The SMILES string of the molecule is Cc1ccc(S[C@H]2OC(CO)[C@H](O)C(n3cc(-c4cc(F)c(F)c(F)c4)nn3)[C@@H]2O)cc1. The van der Waals surface area contributed by atoms with Gasteiger partial charge in [0.05, 0.1) is 12.8 Å². The van der Waals surface area contributed by atoms with E-state index < -0.39 is 53.8 Å². The van der Waals surface area contributed by atoms with Crippen molar-refractivity contribution in [1.82, 2.24) is 15.0 Å². The fraction of sp³-hybridized carbons (Fsp3) is 0.333. The average molecular weight is 467 g/mol. The standard InChI is InChI=1S/C21H20F3N3O4S/c1-10-2-4-12(5-3-10)32-21-20(30)18(19(29)16(9-28)31-21)27-8-15(25-26-27)11-6-13(22)17(24)14(23)7-11/h2-8,16,18-21,28-30H,9H2,1H3/t16?,18?,19-,20-,21+/m0/s1. The van der Waals surface area contributed by atoms with E-state index >= 15 is 0 Å². The molecular formula is C21H20F3N3O4S. The van der Waals surface area contributed by atoms with Crippen molar-refractivity contribution < 1.29 is 33.2 Å². The Kier molecular flexibility index (Phi) is 6.54. The molecule has 2 aromatic carbocycles. The number of aryl methyl sites for hydroxylation is 1. The Morgan fingerprint density at radius 2 is 1.72 bits per heavy atom. The van der Waals surface area contributed by atoms with E-state index in [2.05, 4.69) is 10.3 Å². The van der Waals surface area contributed by atoms with Crippen molar-refractivity contribution in [2.45, 2.75) is 41.6 Å². The summed E-state index contributed by atoms with van der Waals surface area (Å²) in [4.78, 5) is 0.808. The predicted octanol–water partition coefficient (Wildman–Crippen LogP) is 2.44. The highest BCUT2D eigenvalue weighted by molar-refractivity contribution is 7.99. The number of ether oxygens (including phenoxy) is 1. The summed E-state index contributed by atoms with van der Waals surface area (Å²) in [6.45, 7) is 1.43. The number of benzene rings is 2. The van der Waals surface area contributed by atoms with E-state index in [-0.39, 0.29) is 11.3 Å². The highest BCUT2D eigenvalue weighted by Crippen LogP contribution is 2.38. The molecule has 2 unspecified atom stereocenters. The van der Waals surface area contributed by atoms with Crippen LogP contribution >= 0.6 is 11.8 Å². The van der Waals surface area contributed by atoms with Gasteiger partial charge in [0.25, 0.3) is 0 Å². The van der Waals surface area contributed by atoms with E-state index in [0.29, 0.717) is 0 Å². The van der Waals surface area contributed by atoms with E-state index in [4.69, 9.17) is 4.74 Å². The number of hydrogen-bond donors (Lipinski definition) is 3. The van der Waals surface area contributed by atoms with Crippen LogP contribution in [-0.4, -0.2) is 60.7 Å². The first-order chi connectivity index (χ1) is 15.3. The van der Waals surface area contributed by atoms with E-state index in [1.54, 1.807) is 0 Å². The van der Waals surface area contributed by atoms with Crippen LogP contribution < -0.4 is 0 Å². The van der Waals surface area contributed by atoms with Crippen LogP contribution in [0.2, 0.25) is 0 Å². The molecule has 1 aliphatic rings. The molecule has 0 amide bonds. The summed E-state index contributed by atoms with van der Waals surface area (Å²) in [7, 11) is 0. The molecule has 0 aliphatic carbocycles. The van der Waals surface area contributed by atoms with Gasteiger partial charge < -0.3 is 20.1 Å². The van der Waals surface area contributed by atoms with Crippen LogP contribution in [0, 0.1) is 24.4 Å². The molecule has 0 spiro atoms. The molecular weight excluding hydrogens is 447 g/mol. The zero-order chi connectivity index (χ0) is 23.0. The number of aliphatic hydroxyl groups excluding tert-OH is 3. The molecule has 170 valence electrons. The minimum Gasteiger partial charge on any atom is -0.394 e. The van der Waals surface area contributed by atoms with E-state index in [1.165, 1.54) is 18.0 Å². The molecule has 5 atom stereocenters. The Balaban J connectivity index is 1.63. The molecule has 0 radical (unpaired) electrons. The monoisotopic (exact) mass is 467 g/mol. The molecule has 4 rings (SSSR count). The first-order valence-electron chi connectivity index (χ1n) is 9.71. The molecule has 1 aliphatic heterocycles. The first kappa shape index (κ1) is 22.7. The fourth-order valence-corrected chi connectivity index (χ4v) is 4.55. The van der Waals surface area contributed by atoms with Crippen molar-refractivity contribution >= 4 is 11.8 Å². The normalized spacial score (nSPS) is 25.8. The summed E-state index contributed by atoms with van der Waals surface area (Å²) in [5.74, 6) is -4.36. The molecule has 11 heteroatoms. The van der Waals surface area contributed by atoms with Crippen molar-refractivity contribution in [3.63, 3.8) is 0 Å². The number of aliphatic hydroxyl groups is 3. The van der Waals surface area contributed by atoms with Crippen LogP contribution in [0.3, 0.4) is 0 Å². The van der Waals surface area contributed by atoms with Gasteiger partial charge in [-0.15, -0.1) is 5.10 Å². The van der Waals surface area contributed by atoms with Crippen LogP contribution in [0.4, 0.5) is 13.2 Å². The van der Waals surface area contributed by atoms with E-state index in [0.717, 1.165) is 27.3 Å². The number of aromatic nitrogens is 3. The molecule has 1 saturated heterocycles. The summed E-state index contributed by atoms with van der Waals surface area (Å²) in [5.41, 5.74) is 0.159. The van der Waals surface area contributed by atoms with Gasteiger partial charge in [-0.2, -0.15) is 0 Å². The largest absolute Gasteiger partial charge is 0.394 e. The van der Waals surface area contributed by atoms with Gasteiger partial charge in [0.1, 0.15) is 35.5 Å². The quantitative estimate of drug-likeness (QED) is 0.496. The van der Waals surface area contributed by atoms with Crippen molar-refractivity contribution in [3.8, 4) is 11.3 Å². The molecule has 32 heavy (non-hydrogen) atoms. The number of nitrogens with zero attached hydrogens (tertiary/aromatic N) is 3. The average Bonchev–Trinajstić information content (AvgIpc) is 3.25. The van der Waals surface area contributed by atoms with Crippen molar-refractivity contribution in [2.24, 2.45) is 0 Å². The lowest BCUT2D eigenvalue weighted by Crippen LogP contribution is -2.55. The number of thioether (sulfide) groups is 1. The highest BCUT2D eigenvalue weighted by Gasteiger charge is 2.46. The Bertz CT molecular complexity index is 1080. The minimum absolute atomic E-state index is 0.0111. The molecule has 2 heterocycles. The van der Waals surface area contributed by atoms with E-state index in [9.17, 15) is 28.5 Å². The van der Waals surface area contributed by atoms with Crippen LogP contribution in [0.5, 0.6) is 0 Å². The topological polar surface area (TPSA) is 101 Å². The third kappa shape index (κ3) is 4.39. The highest BCUT2D eigenvalue weighted by atomic mass is 32.2. The fourth-order valence-electron chi connectivity index (χ4n) is 3.49. The third-order valence-electron chi connectivity index (χ3n) is 5.22. The zero-order valence-electron chi connectivity index (χ0n) is 16.8. The van der Waals surface area contributed by atoms with Crippen LogP contribution in [0.25, 0.3) is 11.3 Å². The van der Waals surface area contributed by atoms with Gasteiger partial charge in [0, 0.05) is 10.5 Å². The summed E-state index contributed by atoms with van der Waals surface area (Å²) in [6, 6.07) is 7.99. The zero-order valence-corrected chi connectivity index (χ0v) is 17.6. The van der Waals surface area contributed by atoms with Gasteiger partial charge in [0.2, 0.25) is 0 Å². The van der Waals surface area contributed by atoms with E-state index in [1.807, 2.05) is 31.2 Å². The molecule has 0 saturated carbocycles. The summed E-state index contributed by atoms with van der Waals surface area (Å²) in [6.07, 6.45) is -2.35. The second kappa shape index (κ2) is 9.20. The molecule has 1 fully saturated rings. The van der Waals surface area contributed by atoms with Gasteiger partial charge >= 0.3 is 0 Å². The Morgan fingerprint density at radius 3 is 2.34 bits per heavy atom. The second-order valence-corrected chi connectivity index (χ2v) is 8.64. The Morgan fingerprint density at radius 1 is 1.06 bits per heavy atom. The maximum atomic E-state index is 13.6. The van der Waals surface area contributed by atoms with Crippen LogP contribution in [0.1, 0.15) is 11.6 Å². The lowest BCUT2D eigenvalue weighted by atomic mass is 9.97. The summed E-state index contributed by atoms with van der Waals surface area (Å²) in [5, 5.41) is 39.0. The molecule has 7 nitrogen and oxygen atoms in total.